The Morgan fingerprint density at radius 1 is 1.44 bits per heavy atom. The zero-order chi connectivity index (χ0) is 11.7. The Balaban J connectivity index is 2.13. The number of anilines is 2. The lowest BCUT2D eigenvalue weighted by atomic mass is 10.2. The Hall–Kier alpha value is -1.49. The van der Waals surface area contributed by atoms with Gasteiger partial charge in [0.15, 0.2) is 0 Å². The van der Waals surface area contributed by atoms with Gasteiger partial charge in [0.25, 0.3) is 0 Å². The summed E-state index contributed by atoms with van der Waals surface area (Å²) in [6, 6.07) is 4.06. The van der Waals surface area contributed by atoms with Gasteiger partial charge in [-0.15, -0.1) is 0 Å². The fourth-order valence-electron chi connectivity index (χ4n) is 1.44. The van der Waals surface area contributed by atoms with Crippen LogP contribution in [0.1, 0.15) is 30.0 Å². The predicted molar refractivity (Wildman–Crippen MR) is 66.7 cm³/mol. The van der Waals surface area contributed by atoms with Crippen molar-refractivity contribution in [1.29, 1.82) is 0 Å². The minimum Gasteiger partial charge on any atom is -0.464 e. The molecule has 2 heterocycles. The first kappa shape index (κ1) is 11.0. The molecule has 16 heavy (non-hydrogen) atoms. The quantitative estimate of drug-likeness (QED) is 0.861. The third-order valence-electron chi connectivity index (χ3n) is 2.50. The molecule has 0 bridgehead atoms. The Kier molecular flexibility index (Phi) is 2.87. The van der Waals surface area contributed by atoms with E-state index in [-0.39, 0.29) is 6.04 Å². The Morgan fingerprint density at radius 2 is 2.19 bits per heavy atom. The van der Waals surface area contributed by atoms with Crippen LogP contribution in [0, 0.1) is 13.8 Å². The highest BCUT2D eigenvalue weighted by Gasteiger charge is 2.13. The number of rotatable bonds is 3. The molecule has 5 heteroatoms. The fourth-order valence-corrected chi connectivity index (χ4v) is 2.23. The van der Waals surface area contributed by atoms with Gasteiger partial charge in [-0.25, -0.2) is 0 Å². The first-order valence-corrected chi connectivity index (χ1v) is 5.90. The topological polar surface area (TPSA) is 64.1 Å². The maximum absolute atomic E-state index is 5.70. The third kappa shape index (κ3) is 2.04. The van der Waals surface area contributed by atoms with Crippen LogP contribution in [0.25, 0.3) is 0 Å². The van der Waals surface area contributed by atoms with Crippen LogP contribution in [-0.4, -0.2) is 4.37 Å². The van der Waals surface area contributed by atoms with Crippen LogP contribution in [0.5, 0.6) is 0 Å². The Labute approximate surface area is 98.6 Å². The Morgan fingerprint density at radius 3 is 2.69 bits per heavy atom. The summed E-state index contributed by atoms with van der Waals surface area (Å²) in [7, 11) is 0. The lowest BCUT2D eigenvalue weighted by Gasteiger charge is -2.11. The highest BCUT2D eigenvalue weighted by atomic mass is 32.1. The Bertz CT molecular complexity index is 489. The van der Waals surface area contributed by atoms with E-state index in [4.69, 9.17) is 10.2 Å². The lowest BCUT2D eigenvalue weighted by Crippen LogP contribution is -2.05. The second kappa shape index (κ2) is 4.17. The van der Waals surface area contributed by atoms with Gasteiger partial charge in [0.1, 0.15) is 22.3 Å². The number of nitrogens with two attached hydrogens (primary N) is 1. The van der Waals surface area contributed by atoms with Crippen LogP contribution < -0.4 is 11.1 Å². The van der Waals surface area contributed by atoms with E-state index in [0.717, 1.165) is 22.1 Å². The van der Waals surface area contributed by atoms with Gasteiger partial charge in [-0.1, -0.05) is 0 Å². The summed E-state index contributed by atoms with van der Waals surface area (Å²) >= 11 is 1.38. The fraction of sp³-hybridized carbons (Fsp3) is 0.364. The van der Waals surface area contributed by atoms with E-state index >= 15 is 0 Å². The summed E-state index contributed by atoms with van der Waals surface area (Å²) in [6.45, 7) is 5.95. The van der Waals surface area contributed by atoms with Crippen molar-refractivity contribution in [1.82, 2.24) is 4.37 Å². The normalized spacial score (nSPS) is 12.7. The zero-order valence-electron chi connectivity index (χ0n) is 9.57. The molecule has 0 spiro atoms. The highest BCUT2D eigenvalue weighted by molar-refractivity contribution is 7.10. The molecule has 1 atom stereocenters. The summed E-state index contributed by atoms with van der Waals surface area (Å²) in [5.41, 5.74) is 6.70. The van der Waals surface area contributed by atoms with Gasteiger partial charge in [0.2, 0.25) is 0 Å². The van der Waals surface area contributed by atoms with E-state index in [1.165, 1.54) is 11.5 Å². The van der Waals surface area contributed by atoms with Crippen LogP contribution in [0.15, 0.2) is 16.5 Å². The number of aromatic nitrogens is 1. The van der Waals surface area contributed by atoms with Crippen molar-refractivity contribution in [2.24, 2.45) is 0 Å². The minimum atomic E-state index is 0.118. The van der Waals surface area contributed by atoms with Crippen LogP contribution in [0.4, 0.5) is 10.8 Å². The molecule has 0 aliphatic carbocycles. The van der Waals surface area contributed by atoms with E-state index in [1.807, 2.05) is 32.9 Å². The van der Waals surface area contributed by atoms with Crippen molar-refractivity contribution in [2.45, 2.75) is 26.8 Å². The lowest BCUT2D eigenvalue weighted by molar-refractivity contribution is 0.467. The van der Waals surface area contributed by atoms with Gasteiger partial charge in [-0.05, 0) is 44.4 Å². The van der Waals surface area contributed by atoms with Crippen molar-refractivity contribution >= 4 is 22.4 Å². The third-order valence-corrected chi connectivity index (χ3v) is 3.39. The largest absolute Gasteiger partial charge is 0.464 e. The number of nitrogen functional groups attached to an aromatic ring is 1. The SMILES string of the molecule is Cc1ccc(C(C)Nc2snc(N)c2C)o1. The maximum atomic E-state index is 5.70. The number of hydrogen-bond donors (Lipinski definition) is 2. The molecule has 0 aromatic carbocycles. The van der Waals surface area contributed by atoms with Crippen molar-refractivity contribution in [3.8, 4) is 0 Å². The molecule has 2 rings (SSSR count). The molecule has 0 fully saturated rings. The zero-order valence-corrected chi connectivity index (χ0v) is 10.4. The standard InChI is InChI=1S/C11H15N3OS/c1-6-4-5-9(15-6)8(3)13-11-7(2)10(12)14-16-11/h4-5,8,13H,1-3H3,(H2,12,14). The van der Waals surface area contributed by atoms with Crippen molar-refractivity contribution in [2.75, 3.05) is 11.1 Å². The molecule has 0 saturated carbocycles. The van der Waals surface area contributed by atoms with E-state index < -0.39 is 0 Å². The summed E-state index contributed by atoms with van der Waals surface area (Å²) in [5.74, 6) is 2.43. The first-order valence-electron chi connectivity index (χ1n) is 5.12. The molecule has 0 saturated heterocycles. The molecule has 3 N–H and O–H groups in total. The molecule has 0 aliphatic rings. The van der Waals surface area contributed by atoms with Gasteiger partial charge in [0.05, 0.1) is 6.04 Å². The second-order valence-corrected chi connectivity index (χ2v) is 4.61. The molecular formula is C11H15N3OS. The van der Waals surface area contributed by atoms with Crippen molar-refractivity contribution < 1.29 is 4.42 Å². The minimum absolute atomic E-state index is 0.118. The second-order valence-electron chi connectivity index (χ2n) is 3.84. The van der Waals surface area contributed by atoms with Crippen LogP contribution >= 0.6 is 11.5 Å². The first-order chi connectivity index (χ1) is 7.58. The molecule has 4 nitrogen and oxygen atoms in total. The number of nitrogens with one attached hydrogen (secondary N) is 1. The summed E-state index contributed by atoms with van der Waals surface area (Å²) in [6.07, 6.45) is 0. The van der Waals surface area contributed by atoms with Gasteiger partial charge in [-0.2, -0.15) is 4.37 Å². The number of furan rings is 1. The monoisotopic (exact) mass is 237 g/mol. The van der Waals surface area contributed by atoms with Crippen molar-refractivity contribution in [3.05, 3.63) is 29.2 Å². The summed E-state index contributed by atoms with van der Waals surface area (Å²) in [4.78, 5) is 0. The summed E-state index contributed by atoms with van der Waals surface area (Å²) < 4.78 is 9.65. The molecule has 86 valence electrons. The number of nitrogens with zero attached hydrogens (tertiary/aromatic N) is 1. The van der Waals surface area contributed by atoms with Crippen LogP contribution in [-0.2, 0) is 0 Å². The maximum Gasteiger partial charge on any atom is 0.142 e. The van der Waals surface area contributed by atoms with E-state index in [0.29, 0.717) is 5.82 Å². The molecule has 2 aromatic heterocycles. The van der Waals surface area contributed by atoms with Gasteiger partial charge >= 0.3 is 0 Å². The van der Waals surface area contributed by atoms with E-state index in [2.05, 4.69) is 9.69 Å². The van der Waals surface area contributed by atoms with Gasteiger partial charge in [-0.3, -0.25) is 0 Å². The highest BCUT2D eigenvalue weighted by Crippen LogP contribution is 2.29. The predicted octanol–water partition coefficient (Wildman–Crippen LogP) is 3.11. The molecule has 0 amide bonds. The van der Waals surface area contributed by atoms with Crippen molar-refractivity contribution in [3.63, 3.8) is 0 Å². The van der Waals surface area contributed by atoms with Crippen LogP contribution in [0.3, 0.4) is 0 Å². The van der Waals surface area contributed by atoms with Gasteiger partial charge < -0.3 is 15.5 Å². The molecule has 0 radical (unpaired) electrons. The molecular weight excluding hydrogens is 222 g/mol. The molecule has 1 unspecified atom stereocenters. The van der Waals surface area contributed by atoms with Crippen LogP contribution in [0.2, 0.25) is 0 Å². The number of hydrogen-bond acceptors (Lipinski definition) is 5. The number of aryl methyl sites for hydroxylation is 1. The molecule has 2 aromatic rings. The summed E-state index contributed by atoms with van der Waals surface area (Å²) in [5, 5.41) is 4.34. The molecule has 0 aliphatic heterocycles. The average Bonchev–Trinajstić information content (AvgIpc) is 2.79. The smallest absolute Gasteiger partial charge is 0.142 e. The average molecular weight is 237 g/mol. The van der Waals surface area contributed by atoms with E-state index in [9.17, 15) is 0 Å². The van der Waals surface area contributed by atoms with E-state index in [1.54, 1.807) is 0 Å². The van der Waals surface area contributed by atoms with Gasteiger partial charge in [0, 0.05) is 5.56 Å².